The van der Waals surface area contributed by atoms with Crippen molar-refractivity contribution < 1.29 is 0 Å². The van der Waals surface area contributed by atoms with Crippen molar-refractivity contribution in [3.05, 3.63) is 0 Å². The van der Waals surface area contributed by atoms with Gasteiger partial charge in [-0.25, -0.2) is 0 Å². The van der Waals surface area contributed by atoms with E-state index in [1.165, 1.54) is 38.3 Å². The van der Waals surface area contributed by atoms with Crippen LogP contribution in [0, 0.1) is 5.41 Å². The fraction of sp³-hybridized carbons (Fsp3) is 1.00. The van der Waals surface area contributed by atoms with Crippen LogP contribution in [0.3, 0.4) is 0 Å². The zero-order chi connectivity index (χ0) is 10.7. The van der Waals surface area contributed by atoms with Crippen molar-refractivity contribution in [3.8, 4) is 0 Å². The SMILES string of the molecule is CCNCC1(C[Si](C)(C)C)CCCC1. The summed E-state index contributed by atoms with van der Waals surface area (Å²) < 4.78 is 0. The molecule has 1 rings (SSSR count). The zero-order valence-electron chi connectivity index (χ0n) is 10.4. The van der Waals surface area contributed by atoms with Crippen molar-refractivity contribution in [2.45, 2.75) is 58.3 Å². The molecular formula is C12H27NSi. The quantitative estimate of drug-likeness (QED) is 0.689. The van der Waals surface area contributed by atoms with Gasteiger partial charge in [0.2, 0.25) is 0 Å². The molecule has 0 bridgehead atoms. The van der Waals surface area contributed by atoms with Crippen LogP contribution in [-0.4, -0.2) is 21.2 Å². The lowest BCUT2D eigenvalue weighted by atomic mass is 9.88. The van der Waals surface area contributed by atoms with Crippen molar-refractivity contribution in [1.82, 2.24) is 5.32 Å². The summed E-state index contributed by atoms with van der Waals surface area (Å²) in [6.07, 6.45) is 5.89. The molecule has 0 amide bonds. The number of hydrogen-bond acceptors (Lipinski definition) is 1. The Kier molecular flexibility index (Phi) is 4.20. The van der Waals surface area contributed by atoms with Gasteiger partial charge in [-0.3, -0.25) is 0 Å². The Balaban J connectivity index is 2.53. The highest BCUT2D eigenvalue weighted by molar-refractivity contribution is 6.76. The van der Waals surface area contributed by atoms with Gasteiger partial charge in [0.25, 0.3) is 0 Å². The third kappa shape index (κ3) is 3.74. The molecule has 0 aliphatic heterocycles. The van der Waals surface area contributed by atoms with E-state index in [1.54, 1.807) is 0 Å². The van der Waals surface area contributed by atoms with E-state index in [-0.39, 0.29) is 0 Å². The third-order valence-electron chi connectivity index (χ3n) is 3.32. The highest BCUT2D eigenvalue weighted by Crippen LogP contribution is 2.43. The first-order valence-electron chi connectivity index (χ1n) is 6.18. The van der Waals surface area contributed by atoms with Crippen LogP contribution in [0.4, 0.5) is 0 Å². The second-order valence-corrected chi connectivity index (χ2v) is 11.7. The summed E-state index contributed by atoms with van der Waals surface area (Å²) in [6, 6.07) is 1.52. The lowest BCUT2D eigenvalue weighted by Gasteiger charge is -2.35. The summed E-state index contributed by atoms with van der Waals surface area (Å²) in [7, 11) is -0.885. The molecule has 0 unspecified atom stereocenters. The van der Waals surface area contributed by atoms with E-state index in [4.69, 9.17) is 0 Å². The molecule has 1 aliphatic carbocycles. The van der Waals surface area contributed by atoms with Gasteiger partial charge in [0, 0.05) is 14.6 Å². The molecule has 1 nitrogen and oxygen atoms in total. The largest absolute Gasteiger partial charge is 0.316 e. The van der Waals surface area contributed by atoms with E-state index in [9.17, 15) is 0 Å². The molecule has 1 fully saturated rings. The average molecular weight is 213 g/mol. The molecule has 1 aliphatic rings. The van der Waals surface area contributed by atoms with Gasteiger partial charge in [0.1, 0.15) is 0 Å². The Morgan fingerprint density at radius 2 is 1.71 bits per heavy atom. The van der Waals surface area contributed by atoms with Crippen LogP contribution in [0.5, 0.6) is 0 Å². The fourth-order valence-electron chi connectivity index (χ4n) is 3.06. The molecular weight excluding hydrogens is 186 g/mol. The number of nitrogens with one attached hydrogen (secondary N) is 1. The van der Waals surface area contributed by atoms with Crippen molar-refractivity contribution in [2.75, 3.05) is 13.1 Å². The van der Waals surface area contributed by atoms with E-state index >= 15 is 0 Å². The predicted molar refractivity (Wildman–Crippen MR) is 67.6 cm³/mol. The van der Waals surface area contributed by atoms with E-state index in [2.05, 4.69) is 31.9 Å². The first kappa shape index (κ1) is 12.2. The van der Waals surface area contributed by atoms with Gasteiger partial charge < -0.3 is 5.32 Å². The first-order chi connectivity index (χ1) is 6.47. The van der Waals surface area contributed by atoms with Crippen molar-refractivity contribution >= 4 is 8.07 Å². The van der Waals surface area contributed by atoms with Gasteiger partial charge in [0.15, 0.2) is 0 Å². The Morgan fingerprint density at radius 1 is 1.14 bits per heavy atom. The number of rotatable bonds is 5. The van der Waals surface area contributed by atoms with Crippen LogP contribution >= 0.6 is 0 Å². The van der Waals surface area contributed by atoms with Gasteiger partial charge in [-0.05, 0) is 24.8 Å². The summed E-state index contributed by atoms with van der Waals surface area (Å²) in [5, 5.41) is 3.58. The summed E-state index contributed by atoms with van der Waals surface area (Å²) in [4.78, 5) is 0. The lowest BCUT2D eigenvalue weighted by molar-refractivity contribution is 0.314. The molecule has 0 heterocycles. The molecule has 0 aromatic rings. The maximum atomic E-state index is 3.58. The Hall–Kier alpha value is 0.177. The van der Waals surface area contributed by atoms with Crippen LogP contribution in [0.1, 0.15) is 32.6 Å². The smallest absolute Gasteiger partial charge is 0.0448 e. The highest BCUT2D eigenvalue weighted by Gasteiger charge is 2.37. The van der Waals surface area contributed by atoms with Gasteiger partial charge >= 0.3 is 0 Å². The van der Waals surface area contributed by atoms with Crippen molar-refractivity contribution in [1.29, 1.82) is 0 Å². The molecule has 84 valence electrons. The number of hydrogen-bond donors (Lipinski definition) is 1. The van der Waals surface area contributed by atoms with Gasteiger partial charge in [0.05, 0.1) is 0 Å². The molecule has 0 radical (unpaired) electrons. The molecule has 0 atom stereocenters. The fourth-order valence-corrected chi connectivity index (χ4v) is 5.78. The predicted octanol–water partition coefficient (Wildman–Crippen LogP) is 3.49. The van der Waals surface area contributed by atoms with Crippen LogP contribution in [0.2, 0.25) is 25.7 Å². The molecule has 14 heavy (non-hydrogen) atoms. The Morgan fingerprint density at radius 3 is 2.14 bits per heavy atom. The second kappa shape index (κ2) is 4.80. The second-order valence-electron chi connectivity index (χ2n) is 6.22. The van der Waals surface area contributed by atoms with E-state index < -0.39 is 8.07 Å². The molecule has 2 heteroatoms. The van der Waals surface area contributed by atoms with Gasteiger partial charge in [-0.2, -0.15) is 0 Å². The van der Waals surface area contributed by atoms with Crippen molar-refractivity contribution in [3.63, 3.8) is 0 Å². The molecule has 0 aromatic carbocycles. The minimum absolute atomic E-state index is 0.681. The molecule has 0 aromatic heterocycles. The maximum Gasteiger partial charge on any atom is 0.0448 e. The first-order valence-corrected chi connectivity index (χ1v) is 9.89. The molecule has 0 saturated heterocycles. The summed E-state index contributed by atoms with van der Waals surface area (Å²) >= 11 is 0. The molecule has 1 saturated carbocycles. The minimum atomic E-state index is -0.885. The highest BCUT2D eigenvalue weighted by atomic mass is 28.3. The third-order valence-corrected chi connectivity index (χ3v) is 5.13. The van der Waals surface area contributed by atoms with Crippen molar-refractivity contribution in [2.24, 2.45) is 5.41 Å². The van der Waals surface area contributed by atoms with E-state index in [1.807, 2.05) is 0 Å². The lowest BCUT2D eigenvalue weighted by Crippen LogP contribution is -2.38. The van der Waals surface area contributed by atoms with Gasteiger partial charge in [-0.1, -0.05) is 45.5 Å². The summed E-state index contributed by atoms with van der Waals surface area (Å²) in [5.74, 6) is 0. The van der Waals surface area contributed by atoms with Crippen LogP contribution in [0.15, 0.2) is 0 Å². The normalized spacial score (nSPS) is 21.4. The summed E-state index contributed by atoms with van der Waals surface area (Å²) in [5.41, 5.74) is 0.681. The van der Waals surface area contributed by atoms with E-state index in [0.717, 1.165) is 6.54 Å². The Labute approximate surface area is 90.7 Å². The maximum absolute atomic E-state index is 3.58. The minimum Gasteiger partial charge on any atom is -0.316 e. The summed E-state index contributed by atoms with van der Waals surface area (Å²) in [6.45, 7) is 12.2. The monoisotopic (exact) mass is 213 g/mol. The molecule has 1 N–H and O–H groups in total. The standard InChI is InChI=1S/C12H27NSi/c1-5-13-10-12(8-6-7-9-12)11-14(2,3)4/h13H,5-11H2,1-4H3. The average Bonchev–Trinajstić information content (AvgIpc) is 2.47. The Bertz CT molecular complexity index is 166. The van der Waals surface area contributed by atoms with Crippen LogP contribution in [-0.2, 0) is 0 Å². The van der Waals surface area contributed by atoms with Crippen LogP contribution < -0.4 is 5.32 Å². The zero-order valence-corrected chi connectivity index (χ0v) is 11.4. The van der Waals surface area contributed by atoms with Gasteiger partial charge in [-0.15, -0.1) is 0 Å². The van der Waals surface area contributed by atoms with E-state index in [0.29, 0.717) is 5.41 Å². The topological polar surface area (TPSA) is 12.0 Å². The van der Waals surface area contributed by atoms with Crippen LogP contribution in [0.25, 0.3) is 0 Å². The molecule has 0 spiro atoms.